The van der Waals surface area contributed by atoms with Crippen molar-refractivity contribution in [2.75, 3.05) is 12.8 Å². The molecule has 7 heteroatoms. The smallest absolute Gasteiger partial charge is 0.213 e. The SMILES string of the molecule is CCCCCCn1cc(C(=C2C=[N+](CCCCCC)c3ccccc32)c2cn(CCCCCC)c3ccccc23)c2ccccc21.CS(=O)(=O)[O-]. The van der Waals surface area contributed by atoms with Crippen LogP contribution in [0.2, 0.25) is 0 Å². The summed E-state index contributed by atoms with van der Waals surface area (Å²) < 4.78 is 34.8. The van der Waals surface area contributed by atoms with Crippen molar-refractivity contribution in [3.8, 4) is 0 Å². The Hall–Kier alpha value is -3.94. The summed E-state index contributed by atoms with van der Waals surface area (Å²) in [5, 5.41) is 2.71. The van der Waals surface area contributed by atoms with E-state index in [1.807, 2.05) is 0 Å². The maximum atomic E-state index is 9.08. The van der Waals surface area contributed by atoms with Crippen LogP contribution in [0.1, 0.15) is 115 Å². The van der Waals surface area contributed by atoms with E-state index in [1.165, 1.54) is 132 Å². The molecule has 0 unspecified atom stereocenters. The lowest BCUT2D eigenvalue weighted by atomic mass is 9.90. The summed E-state index contributed by atoms with van der Waals surface area (Å²) in [4.78, 5) is 0. The van der Waals surface area contributed by atoms with Crippen LogP contribution in [0.5, 0.6) is 0 Å². The second kappa shape index (κ2) is 18.5. The highest BCUT2D eigenvalue weighted by atomic mass is 32.2. The van der Waals surface area contributed by atoms with E-state index < -0.39 is 10.1 Å². The third kappa shape index (κ3) is 9.90. The first-order valence-electron chi connectivity index (χ1n) is 19.3. The van der Waals surface area contributed by atoms with Crippen LogP contribution in [0.15, 0.2) is 85.2 Å². The van der Waals surface area contributed by atoms with Crippen molar-refractivity contribution in [1.29, 1.82) is 0 Å². The van der Waals surface area contributed by atoms with Gasteiger partial charge < -0.3 is 13.7 Å². The minimum absolute atomic E-state index is 0.604. The Morgan fingerprint density at radius 1 is 0.627 bits per heavy atom. The molecule has 0 saturated heterocycles. The zero-order valence-corrected chi connectivity index (χ0v) is 32.1. The number of hydrogen-bond acceptors (Lipinski definition) is 3. The van der Waals surface area contributed by atoms with Gasteiger partial charge in [-0.25, -0.2) is 8.42 Å². The van der Waals surface area contributed by atoms with Crippen LogP contribution >= 0.6 is 0 Å². The molecule has 51 heavy (non-hydrogen) atoms. The number of aryl methyl sites for hydroxylation is 2. The Morgan fingerprint density at radius 3 is 1.59 bits per heavy atom. The second-order valence-electron chi connectivity index (χ2n) is 14.0. The number of nitrogens with zero attached hydrogens (tertiary/aromatic N) is 3. The van der Waals surface area contributed by atoms with Crippen LogP contribution in [-0.2, 0) is 23.2 Å². The van der Waals surface area contributed by atoms with Crippen molar-refractivity contribution >= 4 is 55.0 Å². The first kappa shape index (κ1) is 38.3. The lowest BCUT2D eigenvalue weighted by molar-refractivity contribution is -0.432. The zero-order valence-electron chi connectivity index (χ0n) is 31.2. The molecule has 1 aliphatic rings. The quantitative estimate of drug-likeness (QED) is 0.0549. The molecular weight excluding hydrogens is 651 g/mol. The van der Waals surface area contributed by atoms with Gasteiger partial charge in [-0.15, -0.1) is 0 Å². The molecule has 6 nitrogen and oxygen atoms in total. The molecule has 0 radical (unpaired) electrons. The van der Waals surface area contributed by atoms with Crippen molar-refractivity contribution in [1.82, 2.24) is 9.13 Å². The largest absolute Gasteiger partial charge is 0.748 e. The van der Waals surface area contributed by atoms with E-state index in [0.717, 1.165) is 19.6 Å². The van der Waals surface area contributed by atoms with Gasteiger partial charge in [-0.05, 0) is 37.5 Å². The topological polar surface area (TPSA) is 70.1 Å². The van der Waals surface area contributed by atoms with Crippen LogP contribution in [0.3, 0.4) is 0 Å². The Bertz CT molecular complexity index is 1970. The van der Waals surface area contributed by atoms with Crippen LogP contribution in [-0.4, -0.2) is 45.7 Å². The van der Waals surface area contributed by atoms with E-state index in [9.17, 15) is 0 Å². The maximum absolute atomic E-state index is 9.08. The molecule has 0 bridgehead atoms. The van der Waals surface area contributed by atoms with Crippen molar-refractivity contribution in [2.24, 2.45) is 0 Å². The standard InChI is InChI=1S/C43H54N3.CH4O3S/c1-4-7-10-19-28-44-31-37(34-22-13-16-25-40(34)44)43(38-32-45(29-20-11-8-5-2)41-26-17-14-23-35(38)41)39-33-46(30-21-12-9-6-3)42-27-18-15-24-36(39)42;1-5(2,3)4/h13-18,22-27,31-33H,4-12,19-21,28-30H2,1-3H3;1H3,(H,2,3,4)/q+1;/p-1. The number of rotatable bonds is 17. The normalized spacial score (nSPS) is 12.6. The average Bonchev–Trinajstić information content (AvgIpc) is 3.79. The fraction of sp³-hybridized carbons (Fsp3) is 0.432. The third-order valence-corrected chi connectivity index (χ3v) is 9.93. The van der Waals surface area contributed by atoms with Gasteiger partial charge in [0.2, 0.25) is 5.69 Å². The van der Waals surface area contributed by atoms with E-state index in [2.05, 4.69) is 126 Å². The first-order chi connectivity index (χ1) is 24.7. The first-order valence-corrected chi connectivity index (χ1v) is 21.1. The molecule has 272 valence electrons. The number of benzene rings is 3. The van der Waals surface area contributed by atoms with Crippen LogP contribution in [0.4, 0.5) is 5.69 Å². The summed E-state index contributed by atoms with van der Waals surface area (Å²) in [6.07, 6.45) is 23.3. The number of allylic oxidation sites excluding steroid dienone is 1. The Morgan fingerprint density at radius 2 is 1.08 bits per heavy atom. The van der Waals surface area contributed by atoms with Gasteiger partial charge in [-0.2, -0.15) is 4.58 Å². The molecular formula is C44H57N3O3S. The van der Waals surface area contributed by atoms with E-state index in [-0.39, 0.29) is 0 Å². The highest BCUT2D eigenvalue weighted by molar-refractivity contribution is 7.84. The number of unbranched alkanes of at least 4 members (excludes halogenated alkanes) is 9. The molecule has 0 fully saturated rings. The van der Waals surface area contributed by atoms with Gasteiger partial charge in [0, 0.05) is 82.7 Å². The molecule has 0 spiro atoms. The van der Waals surface area contributed by atoms with Gasteiger partial charge in [0.25, 0.3) is 0 Å². The van der Waals surface area contributed by atoms with Crippen LogP contribution < -0.4 is 0 Å². The van der Waals surface area contributed by atoms with Crippen molar-refractivity contribution in [2.45, 2.75) is 111 Å². The molecule has 5 aromatic rings. The summed E-state index contributed by atoms with van der Waals surface area (Å²) in [5.41, 5.74) is 10.8. The van der Waals surface area contributed by atoms with E-state index in [4.69, 9.17) is 13.0 Å². The molecule has 3 aromatic carbocycles. The Labute approximate surface area is 306 Å². The minimum Gasteiger partial charge on any atom is -0.748 e. The van der Waals surface area contributed by atoms with Gasteiger partial charge >= 0.3 is 0 Å². The molecule has 0 saturated carbocycles. The molecule has 0 N–H and O–H groups in total. The van der Waals surface area contributed by atoms with Gasteiger partial charge in [-0.1, -0.05) is 121 Å². The second-order valence-corrected chi connectivity index (χ2v) is 15.4. The molecule has 0 atom stereocenters. The molecule has 1 aliphatic heterocycles. The van der Waals surface area contributed by atoms with E-state index in [0.29, 0.717) is 6.26 Å². The zero-order chi connectivity index (χ0) is 36.2. The number of fused-ring (bicyclic) bond motifs is 3. The van der Waals surface area contributed by atoms with Gasteiger partial charge in [0.05, 0.1) is 21.3 Å². The van der Waals surface area contributed by atoms with Gasteiger partial charge in [-0.3, -0.25) is 0 Å². The minimum atomic E-state index is -3.92. The van der Waals surface area contributed by atoms with E-state index in [1.54, 1.807) is 0 Å². The lowest BCUT2D eigenvalue weighted by Gasteiger charge is -2.10. The average molecular weight is 708 g/mol. The summed E-state index contributed by atoms with van der Waals surface area (Å²) in [6.45, 7) is 10.1. The van der Waals surface area contributed by atoms with Crippen LogP contribution in [0, 0.1) is 0 Å². The van der Waals surface area contributed by atoms with E-state index >= 15 is 0 Å². The molecule has 2 aromatic heterocycles. The molecule has 0 aliphatic carbocycles. The van der Waals surface area contributed by atoms with Crippen molar-refractivity contribution in [3.63, 3.8) is 0 Å². The summed E-state index contributed by atoms with van der Waals surface area (Å²) in [7, 11) is -3.92. The third-order valence-electron chi connectivity index (χ3n) is 9.93. The summed E-state index contributed by atoms with van der Waals surface area (Å²) in [5.74, 6) is 0. The lowest BCUT2D eigenvalue weighted by Crippen LogP contribution is -2.05. The molecule has 6 rings (SSSR count). The monoisotopic (exact) mass is 707 g/mol. The van der Waals surface area contributed by atoms with Crippen molar-refractivity contribution in [3.05, 3.63) is 102 Å². The Balaban J connectivity index is 0.000000943. The van der Waals surface area contributed by atoms with Gasteiger partial charge in [0.15, 0.2) is 6.21 Å². The van der Waals surface area contributed by atoms with Gasteiger partial charge in [0.1, 0.15) is 6.54 Å². The molecule has 3 heterocycles. The highest BCUT2D eigenvalue weighted by Crippen LogP contribution is 2.44. The predicted octanol–water partition coefficient (Wildman–Crippen LogP) is 11.2. The van der Waals surface area contributed by atoms with Crippen LogP contribution in [0.25, 0.3) is 33.0 Å². The predicted molar refractivity (Wildman–Crippen MR) is 215 cm³/mol. The molecule has 0 amide bonds. The number of aromatic nitrogens is 2. The maximum Gasteiger partial charge on any atom is 0.213 e. The Kier molecular flexibility index (Phi) is 13.9. The number of para-hydroxylation sites is 3. The number of hydrogen-bond donors (Lipinski definition) is 0. The fourth-order valence-corrected chi connectivity index (χ4v) is 7.46. The fourth-order valence-electron chi connectivity index (χ4n) is 7.46. The highest BCUT2D eigenvalue weighted by Gasteiger charge is 2.31. The van der Waals surface area contributed by atoms with Crippen molar-refractivity contribution < 1.29 is 17.5 Å². The summed E-state index contributed by atoms with van der Waals surface area (Å²) >= 11 is 0. The summed E-state index contributed by atoms with van der Waals surface area (Å²) in [6, 6.07) is 27.3.